The van der Waals surface area contributed by atoms with Crippen molar-refractivity contribution in [1.29, 1.82) is 0 Å². The summed E-state index contributed by atoms with van der Waals surface area (Å²) < 4.78 is 0. The molecule has 4 nitrogen and oxygen atoms in total. The third kappa shape index (κ3) is 4.90. The van der Waals surface area contributed by atoms with Crippen LogP contribution in [0, 0.1) is 0 Å². The molecule has 126 valence electrons. The summed E-state index contributed by atoms with van der Waals surface area (Å²) in [5.41, 5.74) is 3.00. The summed E-state index contributed by atoms with van der Waals surface area (Å²) in [4.78, 5) is 18.9. The Balaban J connectivity index is 1.46. The van der Waals surface area contributed by atoms with E-state index in [1.165, 1.54) is 37.9 Å². The normalized spacial score (nSPS) is 15.2. The van der Waals surface area contributed by atoms with Crippen LogP contribution in [0.2, 0.25) is 0 Å². The molecule has 0 saturated carbocycles. The molecule has 1 amide bonds. The summed E-state index contributed by atoms with van der Waals surface area (Å²) in [5, 5.41) is 2.96. The first kappa shape index (κ1) is 16.7. The molecular weight excluding hydrogens is 298 g/mol. The van der Waals surface area contributed by atoms with Crippen LogP contribution in [-0.4, -0.2) is 35.4 Å². The Morgan fingerprint density at radius 3 is 2.54 bits per heavy atom. The summed E-state index contributed by atoms with van der Waals surface area (Å²) in [5.74, 6) is -0.0181. The monoisotopic (exact) mass is 323 g/mol. The third-order valence-corrected chi connectivity index (χ3v) is 4.46. The highest BCUT2D eigenvalue weighted by molar-refractivity contribution is 5.94. The molecule has 0 aliphatic carbocycles. The smallest absolute Gasteiger partial charge is 0.251 e. The number of carbonyl (C=O) groups is 1. The van der Waals surface area contributed by atoms with Crippen molar-refractivity contribution in [3.63, 3.8) is 0 Å². The predicted octanol–water partition coefficient (Wildman–Crippen LogP) is 3.04. The van der Waals surface area contributed by atoms with E-state index in [2.05, 4.69) is 27.3 Å². The molecule has 4 heteroatoms. The van der Waals surface area contributed by atoms with Crippen molar-refractivity contribution in [2.45, 2.75) is 32.2 Å². The Kier molecular flexibility index (Phi) is 5.96. The van der Waals surface area contributed by atoms with Crippen LogP contribution in [0.4, 0.5) is 0 Å². The number of benzene rings is 1. The van der Waals surface area contributed by atoms with Crippen LogP contribution >= 0.6 is 0 Å². The minimum atomic E-state index is -0.0181. The van der Waals surface area contributed by atoms with E-state index < -0.39 is 0 Å². The van der Waals surface area contributed by atoms with Gasteiger partial charge in [-0.3, -0.25) is 14.7 Å². The number of nitrogens with one attached hydrogen (secondary N) is 1. The Hall–Kier alpha value is -2.20. The molecule has 1 saturated heterocycles. The quantitative estimate of drug-likeness (QED) is 0.889. The molecule has 1 aromatic carbocycles. The first-order valence-corrected chi connectivity index (χ1v) is 8.81. The topological polar surface area (TPSA) is 45.2 Å². The summed E-state index contributed by atoms with van der Waals surface area (Å²) in [6.45, 7) is 3.97. The molecule has 1 fully saturated rings. The molecule has 1 aliphatic heterocycles. The minimum Gasteiger partial charge on any atom is -0.352 e. The maximum atomic E-state index is 12.2. The van der Waals surface area contributed by atoms with Crippen LogP contribution in [0.5, 0.6) is 0 Å². The number of nitrogens with zero attached hydrogens (tertiary/aromatic N) is 2. The van der Waals surface area contributed by atoms with Gasteiger partial charge in [0.15, 0.2) is 0 Å². The highest BCUT2D eigenvalue weighted by atomic mass is 16.1. The van der Waals surface area contributed by atoms with Gasteiger partial charge in [0.2, 0.25) is 0 Å². The van der Waals surface area contributed by atoms with Crippen LogP contribution in [0.3, 0.4) is 0 Å². The largest absolute Gasteiger partial charge is 0.352 e. The molecule has 0 unspecified atom stereocenters. The second-order valence-electron chi connectivity index (χ2n) is 6.36. The molecule has 0 spiro atoms. The Morgan fingerprint density at radius 1 is 1.04 bits per heavy atom. The van der Waals surface area contributed by atoms with Gasteiger partial charge in [-0.05, 0) is 55.8 Å². The standard InChI is InChI=1S/C20H25N3O/c24-20(22-13-11-19-6-2-3-12-21-19)18-9-7-17(8-10-18)16-23-14-4-1-5-15-23/h2-3,6-10,12H,1,4-5,11,13-16H2,(H,22,24). The first-order chi connectivity index (χ1) is 11.8. The van der Waals surface area contributed by atoms with Crippen molar-refractivity contribution in [3.05, 3.63) is 65.5 Å². The first-order valence-electron chi connectivity index (χ1n) is 8.81. The minimum absolute atomic E-state index is 0.0181. The summed E-state index contributed by atoms with van der Waals surface area (Å²) in [6.07, 6.45) is 6.49. The van der Waals surface area contributed by atoms with E-state index in [0.717, 1.165) is 24.2 Å². The molecule has 1 N–H and O–H groups in total. The van der Waals surface area contributed by atoms with E-state index in [0.29, 0.717) is 6.54 Å². The van der Waals surface area contributed by atoms with Gasteiger partial charge in [0.1, 0.15) is 0 Å². The molecule has 0 bridgehead atoms. The number of hydrogen-bond donors (Lipinski definition) is 1. The lowest BCUT2D eigenvalue weighted by Crippen LogP contribution is -2.29. The molecule has 1 aromatic heterocycles. The van der Waals surface area contributed by atoms with E-state index in [9.17, 15) is 4.79 Å². The van der Waals surface area contributed by atoms with Gasteiger partial charge < -0.3 is 5.32 Å². The van der Waals surface area contributed by atoms with Crippen molar-refractivity contribution >= 4 is 5.91 Å². The SMILES string of the molecule is O=C(NCCc1ccccn1)c1ccc(CN2CCCCC2)cc1. The van der Waals surface area contributed by atoms with E-state index in [1.54, 1.807) is 6.20 Å². The zero-order valence-corrected chi connectivity index (χ0v) is 14.1. The van der Waals surface area contributed by atoms with Crippen LogP contribution < -0.4 is 5.32 Å². The second kappa shape index (κ2) is 8.60. The Morgan fingerprint density at radius 2 is 1.83 bits per heavy atom. The van der Waals surface area contributed by atoms with Crippen molar-refractivity contribution in [2.75, 3.05) is 19.6 Å². The van der Waals surface area contributed by atoms with E-state index in [-0.39, 0.29) is 5.91 Å². The van der Waals surface area contributed by atoms with Crippen LogP contribution in [0.1, 0.15) is 40.9 Å². The van der Waals surface area contributed by atoms with Crippen molar-refractivity contribution in [1.82, 2.24) is 15.2 Å². The molecule has 2 heterocycles. The molecule has 2 aromatic rings. The summed E-state index contributed by atoms with van der Waals surface area (Å²) >= 11 is 0. The van der Waals surface area contributed by atoms with Gasteiger partial charge >= 0.3 is 0 Å². The number of pyridine rings is 1. The number of likely N-dealkylation sites (tertiary alicyclic amines) is 1. The maximum Gasteiger partial charge on any atom is 0.251 e. The van der Waals surface area contributed by atoms with Crippen molar-refractivity contribution in [2.24, 2.45) is 0 Å². The molecule has 0 atom stereocenters. The lowest BCUT2D eigenvalue weighted by molar-refractivity contribution is 0.0954. The van der Waals surface area contributed by atoms with Gasteiger partial charge in [-0.2, -0.15) is 0 Å². The predicted molar refractivity (Wildman–Crippen MR) is 95.8 cm³/mol. The number of rotatable bonds is 6. The molecule has 1 aliphatic rings. The third-order valence-electron chi connectivity index (χ3n) is 4.46. The fraction of sp³-hybridized carbons (Fsp3) is 0.400. The van der Waals surface area contributed by atoms with Gasteiger partial charge in [-0.1, -0.05) is 24.6 Å². The average Bonchev–Trinajstić information content (AvgIpc) is 2.64. The maximum absolute atomic E-state index is 12.2. The lowest BCUT2D eigenvalue weighted by atomic mass is 10.1. The second-order valence-corrected chi connectivity index (χ2v) is 6.36. The van der Waals surface area contributed by atoms with Crippen molar-refractivity contribution in [3.8, 4) is 0 Å². The van der Waals surface area contributed by atoms with Crippen LogP contribution in [-0.2, 0) is 13.0 Å². The average molecular weight is 323 g/mol. The van der Waals surface area contributed by atoms with Gasteiger partial charge in [0, 0.05) is 37.0 Å². The van der Waals surface area contributed by atoms with Gasteiger partial charge in [-0.25, -0.2) is 0 Å². The van der Waals surface area contributed by atoms with E-state index in [4.69, 9.17) is 0 Å². The fourth-order valence-corrected chi connectivity index (χ4v) is 3.09. The van der Waals surface area contributed by atoms with E-state index in [1.807, 2.05) is 30.3 Å². The highest BCUT2D eigenvalue weighted by Crippen LogP contribution is 2.13. The zero-order chi connectivity index (χ0) is 16.6. The lowest BCUT2D eigenvalue weighted by Gasteiger charge is -2.26. The summed E-state index contributed by atoms with van der Waals surface area (Å²) in [6, 6.07) is 13.8. The van der Waals surface area contributed by atoms with Crippen LogP contribution in [0.15, 0.2) is 48.7 Å². The van der Waals surface area contributed by atoms with Crippen LogP contribution in [0.25, 0.3) is 0 Å². The molecule has 0 radical (unpaired) electrons. The summed E-state index contributed by atoms with van der Waals surface area (Å²) in [7, 11) is 0. The molecular formula is C20H25N3O. The molecule has 24 heavy (non-hydrogen) atoms. The number of hydrogen-bond acceptors (Lipinski definition) is 3. The number of aromatic nitrogens is 1. The van der Waals surface area contributed by atoms with E-state index >= 15 is 0 Å². The Labute approximate surface area is 143 Å². The number of amides is 1. The zero-order valence-electron chi connectivity index (χ0n) is 14.1. The Bertz CT molecular complexity index is 634. The molecule has 3 rings (SSSR count). The highest BCUT2D eigenvalue weighted by Gasteiger charge is 2.11. The van der Waals surface area contributed by atoms with Gasteiger partial charge in [-0.15, -0.1) is 0 Å². The van der Waals surface area contributed by atoms with Gasteiger partial charge in [0.05, 0.1) is 0 Å². The van der Waals surface area contributed by atoms with Crippen molar-refractivity contribution < 1.29 is 4.79 Å². The number of carbonyl (C=O) groups excluding carboxylic acids is 1. The van der Waals surface area contributed by atoms with Gasteiger partial charge in [0.25, 0.3) is 5.91 Å². The fourth-order valence-electron chi connectivity index (χ4n) is 3.09. The number of piperidine rings is 1.